The molecule has 0 saturated carbocycles. The number of aromatic carboxylic acids is 1. The van der Waals surface area contributed by atoms with E-state index in [1.165, 1.54) is 6.39 Å². The lowest BCUT2D eigenvalue weighted by molar-refractivity contribution is -0.120. The van der Waals surface area contributed by atoms with Crippen LogP contribution in [0.1, 0.15) is 22.3 Å². The van der Waals surface area contributed by atoms with E-state index in [9.17, 15) is 9.90 Å². The maximum absolute atomic E-state index is 11.3. The van der Waals surface area contributed by atoms with Gasteiger partial charge < -0.3 is 19.0 Å². The zero-order valence-electron chi connectivity index (χ0n) is 14.9. The molecule has 140 valence electrons. The fourth-order valence-corrected chi connectivity index (χ4v) is 3.74. The molecule has 1 aliphatic rings. The van der Waals surface area contributed by atoms with E-state index in [0.29, 0.717) is 42.0 Å². The molecule has 3 heterocycles. The molecule has 0 atom stereocenters. The summed E-state index contributed by atoms with van der Waals surface area (Å²) in [5, 5.41) is 9.90. The van der Waals surface area contributed by atoms with Gasteiger partial charge >= 0.3 is 5.97 Å². The van der Waals surface area contributed by atoms with Gasteiger partial charge in [0.25, 0.3) is 0 Å². The Morgan fingerprint density at radius 3 is 2.81 bits per heavy atom. The van der Waals surface area contributed by atoms with Crippen LogP contribution >= 0.6 is 11.3 Å². The number of hydrogen-bond donors (Lipinski definition) is 1. The van der Waals surface area contributed by atoms with Crippen molar-refractivity contribution in [1.29, 1.82) is 0 Å². The second-order valence-corrected chi connectivity index (χ2v) is 7.91. The van der Waals surface area contributed by atoms with Crippen molar-refractivity contribution >= 4 is 17.3 Å². The number of nitrogens with zero attached hydrogens (tertiary/aromatic N) is 2. The minimum atomic E-state index is -0.970. The Balaban J connectivity index is 1.69. The number of rotatable bonds is 6. The summed E-state index contributed by atoms with van der Waals surface area (Å²) in [6.45, 7) is 5.70. The summed E-state index contributed by atoms with van der Waals surface area (Å²) in [4.78, 5) is 19.9. The van der Waals surface area contributed by atoms with Crippen molar-refractivity contribution in [3.05, 3.63) is 41.4 Å². The molecule has 1 aromatic carbocycles. The average Bonchev–Trinajstić information content (AvgIpc) is 3.28. The van der Waals surface area contributed by atoms with Crippen molar-refractivity contribution in [3.63, 3.8) is 0 Å². The topological polar surface area (TPSA) is 94.7 Å². The molecule has 8 heteroatoms. The molecular formula is C19H18N2O5S. The van der Waals surface area contributed by atoms with Gasteiger partial charge in [0.15, 0.2) is 12.2 Å². The normalized spacial score (nSPS) is 15.3. The van der Waals surface area contributed by atoms with Crippen LogP contribution in [0.2, 0.25) is 0 Å². The highest BCUT2D eigenvalue weighted by atomic mass is 32.1. The van der Waals surface area contributed by atoms with E-state index < -0.39 is 5.97 Å². The van der Waals surface area contributed by atoms with Gasteiger partial charge in [-0.25, -0.2) is 14.8 Å². The second-order valence-electron chi connectivity index (χ2n) is 6.91. The highest BCUT2D eigenvalue weighted by molar-refractivity contribution is 7.17. The molecule has 2 aromatic heterocycles. The summed E-state index contributed by atoms with van der Waals surface area (Å²) >= 11 is 1.15. The quantitative estimate of drug-likeness (QED) is 0.687. The van der Waals surface area contributed by atoms with Crippen molar-refractivity contribution in [2.24, 2.45) is 5.41 Å². The Morgan fingerprint density at radius 2 is 2.22 bits per heavy atom. The van der Waals surface area contributed by atoms with E-state index in [0.717, 1.165) is 22.5 Å². The van der Waals surface area contributed by atoms with Crippen LogP contribution in [0.5, 0.6) is 5.75 Å². The number of benzene rings is 1. The number of aromatic nitrogens is 2. The smallest absolute Gasteiger partial charge is 0.347 e. The predicted octanol–water partition coefficient (Wildman–Crippen LogP) is 3.89. The molecule has 0 spiro atoms. The van der Waals surface area contributed by atoms with Gasteiger partial charge in [0, 0.05) is 11.0 Å². The van der Waals surface area contributed by atoms with Gasteiger partial charge in [0.1, 0.15) is 15.6 Å². The van der Waals surface area contributed by atoms with Gasteiger partial charge in [-0.15, -0.1) is 11.3 Å². The molecule has 0 unspecified atom stereocenters. The van der Waals surface area contributed by atoms with E-state index in [1.807, 2.05) is 18.2 Å². The highest BCUT2D eigenvalue weighted by Gasteiger charge is 2.34. The van der Waals surface area contributed by atoms with Crippen LogP contribution < -0.4 is 4.74 Å². The first-order valence-electron chi connectivity index (χ1n) is 8.40. The largest absolute Gasteiger partial charge is 0.492 e. The summed E-state index contributed by atoms with van der Waals surface area (Å²) in [5.41, 5.74) is 2.06. The van der Waals surface area contributed by atoms with Crippen molar-refractivity contribution in [1.82, 2.24) is 9.97 Å². The lowest BCUT2D eigenvalue weighted by Gasteiger charge is -2.37. The van der Waals surface area contributed by atoms with Crippen molar-refractivity contribution in [2.45, 2.75) is 13.8 Å². The number of thiazole rings is 1. The van der Waals surface area contributed by atoms with E-state index in [1.54, 1.807) is 13.1 Å². The van der Waals surface area contributed by atoms with E-state index in [-0.39, 0.29) is 10.3 Å². The maximum Gasteiger partial charge on any atom is 0.347 e. The summed E-state index contributed by atoms with van der Waals surface area (Å²) in [5.74, 6) is 0.284. The van der Waals surface area contributed by atoms with Crippen molar-refractivity contribution < 1.29 is 23.8 Å². The second kappa shape index (κ2) is 6.79. The molecule has 1 saturated heterocycles. The zero-order chi connectivity index (χ0) is 19.0. The molecule has 3 aromatic rings. The summed E-state index contributed by atoms with van der Waals surface area (Å²) < 4.78 is 16.8. The summed E-state index contributed by atoms with van der Waals surface area (Å²) in [6, 6.07) is 5.62. The van der Waals surface area contributed by atoms with Crippen LogP contribution in [0.15, 0.2) is 35.2 Å². The first-order valence-corrected chi connectivity index (χ1v) is 9.21. The van der Waals surface area contributed by atoms with Gasteiger partial charge in [-0.1, -0.05) is 6.92 Å². The molecular weight excluding hydrogens is 368 g/mol. The molecule has 1 aliphatic heterocycles. The zero-order valence-corrected chi connectivity index (χ0v) is 15.7. The van der Waals surface area contributed by atoms with Gasteiger partial charge in [-0.2, -0.15) is 0 Å². The molecule has 1 fully saturated rings. The molecule has 27 heavy (non-hydrogen) atoms. The van der Waals surface area contributed by atoms with Crippen LogP contribution in [0.4, 0.5) is 0 Å². The van der Waals surface area contributed by atoms with Gasteiger partial charge in [0.2, 0.25) is 0 Å². The predicted molar refractivity (Wildman–Crippen MR) is 99.2 cm³/mol. The molecule has 0 aliphatic carbocycles. The van der Waals surface area contributed by atoms with E-state index in [4.69, 9.17) is 13.9 Å². The molecule has 0 radical (unpaired) electrons. The minimum Gasteiger partial charge on any atom is -0.492 e. The number of hydrogen-bond acceptors (Lipinski definition) is 7. The van der Waals surface area contributed by atoms with E-state index >= 15 is 0 Å². The fraction of sp³-hybridized carbons (Fsp3) is 0.316. The molecule has 0 amide bonds. The third kappa shape index (κ3) is 3.45. The Bertz CT molecular complexity index is 976. The van der Waals surface area contributed by atoms with E-state index in [2.05, 4.69) is 16.9 Å². The number of aryl methyl sites for hydroxylation is 1. The van der Waals surface area contributed by atoms with Gasteiger partial charge in [0.05, 0.1) is 37.3 Å². The SMILES string of the molecule is Cc1nc(-c2ccc(OCC3(C)COC3)c(-c3cnco3)c2)sc1C(=O)O. The first-order chi connectivity index (χ1) is 13.0. The monoisotopic (exact) mass is 386 g/mol. The Morgan fingerprint density at radius 1 is 1.41 bits per heavy atom. The summed E-state index contributed by atoms with van der Waals surface area (Å²) in [6.07, 6.45) is 2.98. The third-order valence-corrected chi connectivity index (χ3v) is 5.59. The maximum atomic E-state index is 11.3. The fourth-order valence-electron chi connectivity index (χ4n) is 2.83. The Hall–Kier alpha value is -2.71. The van der Waals surface area contributed by atoms with Crippen molar-refractivity contribution in [3.8, 4) is 27.6 Å². The molecule has 1 N–H and O–H groups in total. The van der Waals surface area contributed by atoms with Gasteiger partial charge in [-0.3, -0.25) is 0 Å². The molecule has 0 bridgehead atoms. The number of carbonyl (C=O) groups is 1. The minimum absolute atomic E-state index is 0.0141. The number of carboxylic acid groups (broad SMARTS) is 1. The highest BCUT2D eigenvalue weighted by Crippen LogP contribution is 2.37. The van der Waals surface area contributed by atoms with Crippen LogP contribution in [0.25, 0.3) is 21.9 Å². The van der Waals surface area contributed by atoms with Gasteiger partial charge in [-0.05, 0) is 25.1 Å². The number of ether oxygens (including phenoxy) is 2. The Labute approximate surface area is 159 Å². The van der Waals surface area contributed by atoms with Crippen LogP contribution in [-0.2, 0) is 4.74 Å². The first kappa shape index (κ1) is 17.7. The lowest BCUT2D eigenvalue weighted by atomic mass is 9.90. The standard InChI is InChI=1S/C19H18N2O5S/c1-11-16(18(22)23)27-17(21-11)12-3-4-14(25-9-19(2)7-24-8-19)13(5-12)15-6-20-10-26-15/h3-6,10H,7-9H2,1-2H3,(H,22,23). The third-order valence-electron chi connectivity index (χ3n) is 4.39. The summed E-state index contributed by atoms with van der Waals surface area (Å²) in [7, 11) is 0. The molecule has 4 rings (SSSR count). The number of carboxylic acids is 1. The number of oxazole rings is 1. The van der Waals surface area contributed by atoms with Crippen LogP contribution in [0.3, 0.4) is 0 Å². The van der Waals surface area contributed by atoms with Crippen LogP contribution in [0, 0.1) is 12.3 Å². The van der Waals surface area contributed by atoms with Crippen molar-refractivity contribution in [2.75, 3.05) is 19.8 Å². The molecule has 7 nitrogen and oxygen atoms in total. The Kier molecular flexibility index (Phi) is 4.45. The van der Waals surface area contributed by atoms with Crippen LogP contribution in [-0.4, -0.2) is 40.9 Å². The average molecular weight is 386 g/mol. The lowest BCUT2D eigenvalue weighted by Crippen LogP contribution is -2.44.